The van der Waals surface area contributed by atoms with Crippen molar-refractivity contribution in [1.82, 2.24) is 0 Å². The number of aliphatic hydroxyl groups is 4. The number of rotatable bonds is 4. The van der Waals surface area contributed by atoms with Crippen molar-refractivity contribution < 1.29 is 34.6 Å². The number of ether oxygens (including phenoxy) is 3. The molecule has 2 saturated heterocycles. The van der Waals surface area contributed by atoms with Gasteiger partial charge in [-0.1, -0.05) is 30.3 Å². The zero-order valence-electron chi connectivity index (χ0n) is 13.7. The normalized spacial score (nSPS) is 39.4. The fraction of sp³-hybridized carbons (Fsp3) is 0.647. The maximum absolute atomic E-state index is 11.1. The highest BCUT2D eigenvalue weighted by molar-refractivity contribution is 5.18. The summed E-state index contributed by atoms with van der Waals surface area (Å²) >= 11 is 0. The molecule has 2 fully saturated rings. The molecule has 1 unspecified atom stereocenters. The van der Waals surface area contributed by atoms with Gasteiger partial charge in [-0.3, -0.25) is 0 Å². The van der Waals surface area contributed by atoms with E-state index in [1.807, 2.05) is 30.3 Å². The molecular formula is C17H24O7. The van der Waals surface area contributed by atoms with Crippen molar-refractivity contribution in [2.45, 2.75) is 62.4 Å². The first-order chi connectivity index (χ1) is 11.3. The van der Waals surface area contributed by atoms with E-state index in [4.69, 9.17) is 14.2 Å². The molecule has 3 rings (SSSR count). The highest BCUT2D eigenvalue weighted by atomic mass is 16.8. The molecule has 0 radical (unpaired) electrons. The maximum atomic E-state index is 11.1. The summed E-state index contributed by atoms with van der Waals surface area (Å²) in [7, 11) is 0. The zero-order valence-corrected chi connectivity index (χ0v) is 13.7. The molecule has 4 N–H and O–H groups in total. The van der Waals surface area contributed by atoms with Gasteiger partial charge in [0.1, 0.15) is 30.5 Å². The van der Waals surface area contributed by atoms with Crippen LogP contribution in [0.4, 0.5) is 0 Å². The molecule has 134 valence electrons. The summed E-state index contributed by atoms with van der Waals surface area (Å²) in [5.41, 5.74) is 0.806. The highest BCUT2D eigenvalue weighted by Crippen LogP contribution is 2.43. The third-order valence-electron chi connectivity index (χ3n) is 4.45. The first-order valence-corrected chi connectivity index (χ1v) is 8.02. The molecule has 0 bridgehead atoms. The first kappa shape index (κ1) is 17.8. The van der Waals surface area contributed by atoms with E-state index in [0.717, 1.165) is 5.56 Å². The zero-order chi connectivity index (χ0) is 17.5. The lowest BCUT2D eigenvalue weighted by Crippen LogP contribution is -2.66. The Kier molecular flexibility index (Phi) is 4.69. The van der Waals surface area contributed by atoms with Crippen LogP contribution in [0.15, 0.2) is 30.3 Å². The fourth-order valence-corrected chi connectivity index (χ4v) is 3.39. The van der Waals surface area contributed by atoms with Crippen molar-refractivity contribution in [3.63, 3.8) is 0 Å². The maximum Gasteiger partial charge on any atom is 0.199 e. The summed E-state index contributed by atoms with van der Waals surface area (Å²) in [4.78, 5) is 0. The van der Waals surface area contributed by atoms with Crippen LogP contribution in [-0.2, 0) is 20.6 Å². The molecule has 0 amide bonds. The van der Waals surface area contributed by atoms with E-state index in [1.54, 1.807) is 13.8 Å². The standard InChI is InChI=1S/C17H24O7/c1-16(2)22-14-12(20)13(11(19)9-18)23-17(21,15(14)24-16)8-10-6-4-3-5-7-10/h3-7,11-15,18-21H,8-9H2,1-2H3/t11?,12-,13-,14+,15+,17-/m1/s1. The van der Waals surface area contributed by atoms with Crippen LogP contribution in [0.3, 0.4) is 0 Å². The second kappa shape index (κ2) is 6.34. The van der Waals surface area contributed by atoms with E-state index in [-0.39, 0.29) is 6.42 Å². The molecule has 6 atom stereocenters. The van der Waals surface area contributed by atoms with Crippen molar-refractivity contribution in [2.24, 2.45) is 0 Å². The van der Waals surface area contributed by atoms with Crippen molar-refractivity contribution in [2.75, 3.05) is 6.61 Å². The number of hydrogen-bond donors (Lipinski definition) is 4. The fourth-order valence-electron chi connectivity index (χ4n) is 3.39. The molecule has 0 aromatic heterocycles. The van der Waals surface area contributed by atoms with Crippen LogP contribution in [0, 0.1) is 0 Å². The minimum atomic E-state index is -1.81. The summed E-state index contributed by atoms with van der Waals surface area (Å²) in [5, 5.41) is 40.8. The van der Waals surface area contributed by atoms with Crippen molar-refractivity contribution in [3.05, 3.63) is 35.9 Å². The molecule has 7 nitrogen and oxygen atoms in total. The SMILES string of the molecule is CC1(C)O[C@H]2[C@H](O)[C@@H](C(O)CO)O[C@](O)(Cc3ccccc3)[C@H]2O1. The van der Waals surface area contributed by atoms with Crippen molar-refractivity contribution in [1.29, 1.82) is 0 Å². The predicted molar refractivity (Wildman–Crippen MR) is 82.9 cm³/mol. The Morgan fingerprint density at radius 2 is 1.79 bits per heavy atom. The molecule has 0 saturated carbocycles. The third-order valence-corrected chi connectivity index (χ3v) is 4.45. The van der Waals surface area contributed by atoms with Gasteiger partial charge in [0.05, 0.1) is 6.61 Å². The smallest absolute Gasteiger partial charge is 0.199 e. The van der Waals surface area contributed by atoms with E-state index in [0.29, 0.717) is 0 Å². The second-order valence-electron chi connectivity index (χ2n) is 6.85. The van der Waals surface area contributed by atoms with Crippen LogP contribution >= 0.6 is 0 Å². The van der Waals surface area contributed by atoms with E-state index in [1.165, 1.54) is 0 Å². The van der Waals surface area contributed by atoms with Crippen molar-refractivity contribution >= 4 is 0 Å². The Bertz CT molecular complexity index is 563. The van der Waals surface area contributed by atoms with E-state index in [2.05, 4.69) is 0 Å². The summed E-state index contributed by atoms with van der Waals surface area (Å²) in [6, 6.07) is 9.20. The predicted octanol–water partition coefficient (Wildman–Crippen LogP) is -0.449. The van der Waals surface area contributed by atoms with Crippen LogP contribution in [0.25, 0.3) is 0 Å². The Balaban J connectivity index is 1.93. The molecule has 2 heterocycles. The van der Waals surface area contributed by atoms with Gasteiger partial charge in [0.15, 0.2) is 11.6 Å². The Labute approximate surface area is 140 Å². The summed E-state index contributed by atoms with van der Waals surface area (Å²) < 4.78 is 17.1. The molecule has 1 aromatic carbocycles. The molecule has 1 aromatic rings. The monoisotopic (exact) mass is 340 g/mol. The average molecular weight is 340 g/mol. The largest absolute Gasteiger partial charge is 0.394 e. The molecule has 0 aliphatic carbocycles. The minimum absolute atomic E-state index is 0.0931. The minimum Gasteiger partial charge on any atom is -0.394 e. The van der Waals surface area contributed by atoms with Gasteiger partial charge in [0.2, 0.25) is 0 Å². The third kappa shape index (κ3) is 3.21. The van der Waals surface area contributed by atoms with Crippen LogP contribution in [-0.4, -0.2) is 69.1 Å². The molecular weight excluding hydrogens is 316 g/mol. The number of aliphatic hydroxyl groups excluding tert-OH is 3. The topological polar surface area (TPSA) is 109 Å². The first-order valence-electron chi connectivity index (χ1n) is 8.02. The Hall–Kier alpha value is -1.06. The van der Waals surface area contributed by atoms with Gasteiger partial charge >= 0.3 is 0 Å². The quantitative estimate of drug-likeness (QED) is 0.588. The summed E-state index contributed by atoms with van der Waals surface area (Å²) in [6.07, 6.45) is -5.50. The Morgan fingerprint density at radius 3 is 2.42 bits per heavy atom. The number of benzene rings is 1. The molecule has 2 aliphatic heterocycles. The lowest BCUT2D eigenvalue weighted by atomic mass is 9.87. The van der Waals surface area contributed by atoms with Crippen molar-refractivity contribution in [3.8, 4) is 0 Å². The average Bonchev–Trinajstić information content (AvgIpc) is 2.88. The summed E-state index contributed by atoms with van der Waals surface area (Å²) in [6.45, 7) is 2.75. The van der Waals surface area contributed by atoms with Gasteiger partial charge in [0.25, 0.3) is 0 Å². The van der Waals surface area contributed by atoms with Gasteiger partial charge in [-0.15, -0.1) is 0 Å². The van der Waals surface area contributed by atoms with Gasteiger partial charge in [-0.25, -0.2) is 0 Å². The van der Waals surface area contributed by atoms with E-state index < -0.39 is 48.7 Å². The Morgan fingerprint density at radius 1 is 1.12 bits per heavy atom. The highest BCUT2D eigenvalue weighted by Gasteiger charge is 2.62. The number of fused-ring (bicyclic) bond motifs is 1. The molecule has 0 spiro atoms. The van der Waals surface area contributed by atoms with Crippen LogP contribution < -0.4 is 0 Å². The van der Waals surface area contributed by atoms with Crippen LogP contribution in [0.2, 0.25) is 0 Å². The lowest BCUT2D eigenvalue weighted by molar-refractivity contribution is -0.340. The molecule has 7 heteroatoms. The summed E-state index contributed by atoms with van der Waals surface area (Å²) in [5.74, 6) is -2.82. The van der Waals surface area contributed by atoms with Gasteiger partial charge < -0.3 is 34.6 Å². The van der Waals surface area contributed by atoms with Gasteiger partial charge in [0, 0.05) is 6.42 Å². The lowest BCUT2D eigenvalue weighted by Gasteiger charge is -2.46. The van der Waals surface area contributed by atoms with E-state index in [9.17, 15) is 20.4 Å². The van der Waals surface area contributed by atoms with Crippen LogP contribution in [0.5, 0.6) is 0 Å². The molecule has 24 heavy (non-hydrogen) atoms. The second-order valence-corrected chi connectivity index (χ2v) is 6.85. The van der Waals surface area contributed by atoms with Crippen LogP contribution in [0.1, 0.15) is 19.4 Å². The van der Waals surface area contributed by atoms with E-state index >= 15 is 0 Å². The number of hydrogen-bond acceptors (Lipinski definition) is 7. The molecule has 2 aliphatic rings. The van der Waals surface area contributed by atoms with Gasteiger partial charge in [-0.2, -0.15) is 0 Å². The van der Waals surface area contributed by atoms with Gasteiger partial charge in [-0.05, 0) is 19.4 Å².